The zero-order chi connectivity index (χ0) is 23.0. The first-order valence-electron chi connectivity index (χ1n) is 10.8. The Labute approximate surface area is 197 Å². The lowest BCUT2D eigenvalue weighted by Gasteiger charge is -2.13. The van der Waals surface area contributed by atoms with Gasteiger partial charge in [0.2, 0.25) is 0 Å². The minimum Gasteiger partial charge on any atom is -0.495 e. The van der Waals surface area contributed by atoms with Crippen LogP contribution in [-0.2, 0) is 4.74 Å². The molecule has 4 rings (SSSR count). The summed E-state index contributed by atoms with van der Waals surface area (Å²) in [6.45, 7) is 0.820. The molecular formula is C26H26N2O4S. The molecule has 0 saturated carbocycles. The van der Waals surface area contributed by atoms with Crippen molar-refractivity contribution in [1.82, 2.24) is 0 Å². The van der Waals surface area contributed by atoms with Crippen molar-refractivity contribution in [3.8, 4) is 5.75 Å². The summed E-state index contributed by atoms with van der Waals surface area (Å²) in [5.41, 5.74) is 2.32. The second kappa shape index (κ2) is 11.0. The highest BCUT2D eigenvalue weighted by Gasteiger charge is 2.18. The van der Waals surface area contributed by atoms with Crippen molar-refractivity contribution in [3.63, 3.8) is 0 Å². The fourth-order valence-electron chi connectivity index (χ4n) is 3.58. The van der Waals surface area contributed by atoms with Gasteiger partial charge in [-0.2, -0.15) is 0 Å². The predicted octanol–water partition coefficient (Wildman–Crippen LogP) is 5.47. The molecule has 7 heteroatoms. The number of hydrogen-bond donors (Lipinski definition) is 2. The van der Waals surface area contributed by atoms with E-state index in [0.717, 1.165) is 30.1 Å². The number of carbonyl (C=O) groups excluding carboxylic acids is 2. The van der Waals surface area contributed by atoms with E-state index in [9.17, 15) is 9.59 Å². The first kappa shape index (κ1) is 22.9. The maximum absolute atomic E-state index is 12.9. The predicted molar refractivity (Wildman–Crippen MR) is 131 cm³/mol. The third-order valence-electron chi connectivity index (χ3n) is 5.34. The van der Waals surface area contributed by atoms with Gasteiger partial charge in [-0.05, 0) is 61.4 Å². The van der Waals surface area contributed by atoms with Crippen molar-refractivity contribution in [1.29, 1.82) is 0 Å². The van der Waals surface area contributed by atoms with Crippen molar-refractivity contribution < 1.29 is 19.1 Å². The van der Waals surface area contributed by atoms with Gasteiger partial charge in [0.05, 0.1) is 24.5 Å². The fraction of sp³-hybridized carbons (Fsp3) is 0.231. The number of methoxy groups -OCH3 is 1. The van der Waals surface area contributed by atoms with Gasteiger partial charge >= 0.3 is 0 Å². The number of nitrogens with one attached hydrogen (secondary N) is 2. The third-order valence-corrected chi connectivity index (χ3v) is 6.55. The average molecular weight is 463 g/mol. The van der Waals surface area contributed by atoms with Gasteiger partial charge < -0.3 is 20.1 Å². The highest BCUT2D eigenvalue weighted by molar-refractivity contribution is 7.99. The van der Waals surface area contributed by atoms with E-state index in [1.807, 2.05) is 36.4 Å². The van der Waals surface area contributed by atoms with Crippen molar-refractivity contribution in [2.75, 3.05) is 30.1 Å². The number of benzene rings is 3. The van der Waals surface area contributed by atoms with Crippen molar-refractivity contribution in [3.05, 3.63) is 83.9 Å². The van der Waals surface area contributed by atoms with E-state index in [-0.39, 0.29) is 17.9 Å². The normalized spacial score (nSPS) is 15.1. The Morgan fingerprint density at radius 3 is 2.48 bits per heavy atom. The van der Waals surface area contributed by atoms with E-state index in [0.29, 0.717) is 28.3 Å². The van der Waals surface area contributed by atoms with Gasteiger partial charge in [0.25, 0.3) is 11.8 Å². The number of carbonyl (C=O) groups is 2. The number of anilines is 2. The molecule has 3 aromatic rings. The number of rotatable bonds is 8. The second-order valence-corrected chi connectivity index (χ2v) is 8.69. The van der Waals surface area contributed by atoms with Gasteiger partial charge in [-0.1, -0.05) is 24.3 Å². The van der Waals surface area contributed by atoms with Crippen LogP contribution in [0.1, 0.15) is 33.6 Å². The van der Waals surface area contributed by atoms with Gasteiger partial charge in [-0.3, -0.25) is 9.59 Å². The summed E-state index contributed by atoms with van der Waals surface area (Å²) < 4.78 is 11.0. The van der Waals surface area contributed by atoms with Crippen molar-refractivity contribution >= 4 is 35.0 Å². The van der Waals surface area contributed by atoms with E-state index in [1.165, 1.54) is 0 Å². The Morgan fingerprint density at radius 2 is 1.73 bits per heavy atom. The Bertz CT molecular complexity index is 1110. The van der Waals surface area contributed by atoms with Crippen LogP contribution in [0.4, 0.5) is 11.4 Å². The molecule has 0 aromatic heterocycles. The molecule has 1 fully saturated rings. The second-order valence-electron chi connectivity index (χ2n) is 7.63. The number of ether oxygens (including phenoxy) is 2. The minimum atomic E-state index is -0.256. The average Bonchev–Trinajstić information content (AvgIpc) is 3.37. The van der Waals surface area contributed by atoms with E-state index >= 15 is 0 Å². The highest BCUT2D eigenvalue weighted by Crippen LogP contribution is 2.28. The van der Waals surface area contributed by atoms with Crippen LogP contribution in [0.5, 0.6) is 5.75 Å². The monoisotopic (exact) mass is 462 g/mol. The Kier molecular flexibility index (Phi) is 7.65. The standard InChI is InChI=1S/C26H26N2O4S/c1-31-23-10-4-3-9-22(23)28-25(29)18-12-14-19(15-13-18)27-26(30)21-8-2-5-11-24(21)33-17-20-7-6-16-32-20/h2-5,8-15,20H,6-7,16-17H2,1H3,(H,27,30)(H,28,29)/t20-/m0/s1. The summed E-state index contributed by atoms with van der Waals surface area (Å²) in [5.74, 6) is 0.982. The molecule has 0 spiro atoms. The third kappa shape index (κ3) is 5.94. The number of thioether (sulfide) groups is 1. The molecule has 2 N–H and O–H groups in total. The van der Waals surface area contributed by atoms with E-state index < -0.39 is 0 Å². The smallest absolute Gasteiger partial charge is 0.256 e. The molecule has 33 heavy (non-hydrogen) atoms. The quantitative estimate of drug-likeness (QED) is 0.434. The number of para-hydroxylation sites is 2. The SMILES string of the molecule is COc1ccccc1NC(=O)c1ccc(NC(=O)c2ccccc2SC[C@@H]2CCCO2)cc1. The largest absolute Gasteiger partial charge is 0.495 e. The first-order chi connectivity index (χ1) is 16.1. The number of hydrogen-bond acceptors (Lipinski definition) is 5. The molecule has 6 nitrogen and oxygen atoms in total. The van der Waals surface area contributed by atoms with Crippen LogP contribution in [0.15, 0.2) is 77.7 Å². The molecule has 3 aromatic carbocycles. The molecule has 0 aliphatic carbocycles. The summed E-state index contributed by atoms with van der Waals surface area (Å²) in [4.78, 5) is 26.4. The summed E-state index contributed by atoms with van der Waals surface area (Å²) in [5, 5.41) is 5.77. The minimum absolute atomic E-state index is 0.184. The fourth-order valence-corrected chi connectivity index (χ4v) is 4.70. The molecule has 0 bridgehead atoms. The molecule has 0 unspecified atom stereocenters. The highest BCUT2D eigenvalue weighted by atomic mass is 32.2. The van der Waals surface area contributed by atoms with Crippen molar-refractivity contribution in [2.45, 2.75) is 23.8 Å². The Hall–Kier alpha value is -3.29. The Morgan fingerprint density at radius 1 is 0.970 bits per heavy atom. The molecule has 1 aliphatic rings. The maximum atomic E-state index is 12.9. The van der Waals surface area contributed by atoms with Crippen molar-refractivity contribution in [2.24, 2.45) is 0 Å². The van der Waals surface area contributed by atoms with Crippen LogP contribution in [-0.4, -0.2) is 37.4 Å². The summed E-state index contributed by atoms with van der Waals surface area (Å²) >= 11 is 1.64. The van der Waals surface area contributed by atoms with Gasteiger partial charge in [-0.25, -0.2) is 0 Å². The molecule has 2 amide bonds. The topological polar surface area (TPSA) is 76.7 Å². The van der Waals surface area contributed by atoms with Crippen LogP contribution < -0.4 is 15.4 Å². The van der Waals surface area contributed by atoms with Gasteiger partial charge in [0, 0.05) is 28.5 Å². The maximum Gasteiger partial charge on any atom is 0.256 e. The van der Waals surface area contributed by atoms with Crippen LogP contribution in [0, 0.1) is 0 Å². The summed E-state index contributed by atoms with van der Waals surface area (Å²) in [6, 6.07) is 21.6. The lowest BCUT2D eigenvalue weighted by molar-refractivity contribution is 0.101. The zero-order valence-electron chi connectivity index (χ0n) is 18.4. The lowest BCUT2D eigenvalue weighted by atomic mass is 10.1. The van der Waals surface area contributed by atoms with E-state index in [2.05, 4.69) is 10.6 Å². The molecule has 1 atom stereocenters. The summed E-state index contributed by atoms with van der Waals surface area (Å²) in [6.07, 6.45) is 2.42. The molecule has 1 saturated heterocycles. The molecule has 1 aliphatic heterocycles. The van der Waals surface area contributed by atoms with Gasteiger partial charge in [-0.15, -0.1) is 11.8 Å². The van der Waals surface area contributed by atoms with Crippen LogP contribution in [0.3, 0.4) is 0 Å². The number of amides is 2. The molecule has 0 radical (unpaired) electrons. The zero-order valence-corrected chi connectivity index (χ0v) is 19.2. The molecule has 170 valence electrons. The van der Waals surface area contributed by atoms with E-state index in [4.69, 9.17) is 9.47 Å². The van der Waals surface area contributed by atoms with Gasteiger partial charge in [0.1, 0.15) is 5.75 Å². The van der Waals surface area contributed by atoms with E-state index in [1.54, 1.807) is 55.3 Å². The van der Waals surface area contributed by atoms with Crippen LogP contribution in [0.2, 0.25) is 0 Å². The summed E-state index contributed by atoms with van der Waals surface area (Å²) in [7, 11) is 1.56. The van der Waals surface area contributed by atoms with Gasteiger partial charge in [0.15, 0.2) is 0 Å². The Balaban J connectivity index is 1.39. The lowest BCUT2D eigenvalue weighted by Crippen LogP contribution is -2.15. The van der Waals surface area contributed by atoms with Crippen LogP contribution >= 0.6 is 11.8 Å². The molecule has 1 heterocycles. The van der Waals surface area contributed by atoms with Crippen LogP contribution in [0.25, 0.3) is 0 Å². The first-order valence-corrected chi connectivity index (χ1v) is 11.8. The molecular weight excluding hydrogens is 436 g/mol.